The van der Waals surface area contributed by atoms with Crippen LogP contribution in [0.25, 0.3) is 10.9 Å². The van der Waals surface area contributed by atoms with Crippen molar-refractivity contribution >= 4 is 33.6 Å². The number of benzene rings is 1. The molecule has 3 aromatic rings. The molecule has 3 N–H and O–H groups in total. The third kappa shape index (κ3) is 2.60. The molecule has 0 aliphatic carbocycles. The first-order valence-electron chi connectivity index (χ1n) is 6.65. The summed E-state index contributed by atoms with van der Waals surface area (Å²) in [6.07, 6.45) is 2.80. The molecule has 4 heteroatoms. The highest BCUT2D eigenvalue weighted by Gasteiger charge is 2.09. The third-order valence-electron chi connectivity index (χ3n) is 3.33. The van der Waals surface area contributed by atoms with Crippen LogP contribution in [-0.2, 0) is 6.42 Å². The Morgan fingerprint density at radius 3 is 3.00 bits per heavy atom. The molecule has 0 fully saturated rings. The molecule has 2 aromatic heterocycles. The van der Waals surface area contributed by atoms with Crippen LogP contribution in [0.4, 0.5) is 11.4 Å². The first kappa shape index (κ1) is 12.9. The van der Waals surface area contributed by atoms with E-state index < -0.39 is 0 Å². The predicted octanol–water partition coefficient (Wildman–Crippen LogP) is 3.92. The summed E-state index contributed by atoms with van der Waals surface area (Å²) in [5.41, 5.74) is 10.1. The van der Waals surface area contributed by atoms with E-state index >= 15 is 0 Å². The van der Waals surface area contributed by atoms with Gasteiger partial charge in [0.05, 0.1) is 11.2 Å². The highest BCUT2D eigenvalue weighted by molar-refractivity contribution is 7.07. The van der Waals surface area contributed by atoms with E-state index in [0.717, 1.165) is 28.7 Å². The summed E-state index contributed by atoms with van der Waals surface area (Å²) in [4.78, 5) is 4.45. The molecule has 0 radical (unpaired) electrons. The van der Waals surface area contributed by atoms with Gasteiger partial charge in [0.25, 0.3) is 0 Å². The van der Waals surface area contributed by atoms with Crippen molar-refractivity contribution in [2.45, 2.75) is 19.4 Å². The predicted molar refractivity (Wildman–Crippen MR) is 87.3 cm³/mol. The van der Waals surface area contributed by atoms with E-state index in [1.54, 1.807) is 17.5 Å². The fraction of sp³-hybridized carbons (Fsp3) is 0.188. The van der Waals surface area contributed by atoms with E-state index in [2.05, 4.69) is 34.1 Å². The lowest BCUT2D eigenvalue weighted by Gasteiger charge is -2.16. The smallest absolute Gasteiger partial charge is 0.0953 e. The Morgan fingerprint density at radius 2 is 2.20 bits per heavy atom. The summed E-state index contributed by atoms with van der Waals surface area (Å²) < 4.78 is 0. The van der Waals surface area contributed by atoms with Gasteiger partial charge in [-0.2, -0.15) is 11.3 Å². The summed E-state index contributed by atoms with van der Waals surface area (Å²) in [7, 11) is 0. The van der Waals surface area contributed by atoms with E-state index in [4.69, 9.17) is 5.73 Å². The lowest BCUT2D eigenvalue weighted by atomic mass is 10.1. The average molecular weight is 283 g/mol. The van der Waals surface area contributed by atoms with Crippen LogP contribution in [0.5, 0.6) is 0 Å². The molecule has 0 saturated heterocycles. The quantitative estimate of drug-likeness (QED) is 0.713. The van der Waals surface area contributed by atoms with Crippen molar-refractivity contribution in [1.29, 1.82) is 0 Å². The first-order chi connectivity index (χ1) is 9.74. The zero-order valence-corrected chi connectivity index (χ0v) is 12.2. The Labute approximate surface area is 122 Å². The van der Waals surface area contributed by atoms with Gasteiger partial charge in [0.15, 0.2) is 0 Å². The van der Waals surface area contributed by atoms with Crippen LogP contribution in [0.15, 0.2) is 47.3 Å². The monoisotopic (exact) mass is 283 g/mol. The SMILES string of the molecule is CC(Cc1ccsc1)Nc1ccc(N)c2cccnc12. The maximum Gasteiger partial charge on any atom is 0.0953 e. The average Bonchev–Trinajstić information content (AvgIpc) is 2.95. The number of fused-ring (bicyclic) bond motifs is 1. The topological polar surface area (TPSA) is 50.9 Å². The van der Waals surface area contributed by atoms with E-state index in [9.17, 15) is 0 Å². The number of nitrogens with one attached hydrogen (secondary N) is 1. The van der Waals surface area contributed by atoms with E-state index in [-0.39, 0.29) is 0 Å². The van der Waals surface area contributed by atoms with Crippen molar-refractivity contribution in [3.8, 4) is 0 Å². The van der Waals surface area contributed by atoms with Gasteiger partial charge in [-0.05, 0) is 60.0 Å². The number of pyridine rings is 1. The molecule has 0 amide bonds. The number of hydrogen-bond donors (Lipinski definition) is 2. The van der Waals surface area contributed by atoms with Crippen LogP contribution >= 0.6 is 11.3 Å². The van der Waals surface area contributed by atoms with Crippen molar-refractivity contribution in [1.82, 2.24) is 4.98 Å². The number of rotatable bonds is 4. The second-order valence-corrected chi connectivity index (χ2v) is 5.76. The Kier molecular flexibility index (Phi) is 3.56. The molecule has 3 rings (SSSR count). The van der Waals surface area contributed by atoms with Gasteiger partial charge in [0, 0.05) is 23.3 Å². The second-order valence-electron chi connectivity index (χ2n) is 4.98. The fourth-order valence-corrected chi connectivity index (χ4v) is 3.07. The molecular weight excluding hydrogens is 266 g/mol. The molecule has 102 valence electrons. The number of hydrogen-bond acceptors (Lipinski definition) is 4. The summed E-state index contributed by atoms with van der Waals surface area (Å²) in [6.45, 7) is 2.18. The number of anilines is 2. The zero-order valence-electron chi connectivity index (χ0n) is 11.3. The van der Waals surface area contributed by atoms with E-state index in [0.29, 0.717) is 6.04 Å². The molecule has 0 saturated carbocycles. The normalized spacial score (nSPS) is 12.4. The molecule has 0 spiro atoms. The molecule has 0 aliphatic heterocycles. The van der Waals surface area contributed by atoms with E-state index in [1.807, 2.05) is 24.3 Å². The van der Waals surface area contributed by atoms with Gasteiger partial charge in [-0.1, -0.05) is 0 Å². The number of nitrogens with two attached hydrogens (primary N) is 1. The Hall–Kier alpha value is -2.07. The Balaban J connectivity index is 1.85. The number of nitrogen functional groups attached to an aromatic ring is 1. The minimum Gasteiger partial charge on any atom is -0.398 e. The summed E-state index contributed by atoms with van der Waals surface area (Å²) in [5.74, 6) is 0. The van der Waals surface area contributed by atoms with Gasteiger partial charge >= 0.3 is 0 Å². The molecule has 1 atom stereocenters. The van der Waals surface area contributed by atoms with Crippen molar-refractivity contribution in [3.63, 3.8) is 0 Å². The van der Waals surface area contributed by atoms with E-state index in [1.165, 1.54) is 5.56 Å². The number of thiophene rings is 1. The maximum absolute atomic E-state index is 6.00. The minimum atomic E-state index is 0.346. The molecule has 2 heterocycles. The maximum atomic E-state index is 6.00. The van der Waals surface area contributed by atoms with Crippen LogP contribution in [0.2, 0.25) is 0 Å². The number of nitrogens with zero attached hydrogens (tertiary/aromatic N) is 1. The summed E-state index contributed by atoms with van der Waals surface area (Å²) >= 11 is 1.74. The van der Waals surface area contributed by atoms with Gasteiger partial charge in [-0.3, -0.25) is 4.98 Å². The molecule has 1 aromatic carbocycles. The minimum absolute atomic E-state index is 0.346. The van der Waals surface area contributed by atoms with Gasteiger partial charge in [-0.25, -0.2) is 0 Å². The Morgan fingerprint density at radius 1 is 1.30 bits per heavy atom. The van der Waals surface area contributed by atoms with Gasteiger partial charge < -0.3 is 11.1 Å². The van der Waals surface area contributed by atoms with Crippen LogP contribution in [0, 0.1) is 0 Å². The Bertz CT molecular complexity index is 707. The highest BCUT2D eigenvalue weighted by atomic mass is 32.1. The first-order valence-corrected chi connectivity index (χ1v) is 7.59. The van der Waals surface area contributed by atoms with Crippen molar-refractivity contribution < 1.29 is 0 Å². The molecule has 1 unspecified atom stereocenters. The molecule has 20 heavy (non-hydrogen) atoms. The zero-order chi connectivity index (χ0) is 13.9. The van der Waals surface area contributed by atoms with Crippen molar-refractivity contribution in [3.05, 3.63) is 52.9 Å². The number of aromatic nitrogens is 1. The lowest BCUT2D eigenvalue weighted by Crippen LogP contribution is -2.18. The molecular formula is C16H17N3S. The third-order valence-corrected chi connectivity index (χ3v) is 4.06. The standard InChI is InChI=1S/C16H17N3S/c1-11(9-12-6-8-20-10-12)19-15-5-4-14(17)13-3-2-7-18-16(13)15/h2-8,10-11,19H,9,17H2,1H3. The second kappa shape index (κ2) is 5.51. The summed E-state index contributed by atoms with van der Waals surface area (Å²) in [5, 5.41) is 8.84. The molecule has 3 nitrogen and oxygen atoms in total. The van der Waals surface area contributed by atoms with Crippen LogP contribution < -0.4 is 11.1 Å². The van der Waals surface area contributed by atoms with Gasteiger partial charge in [-0.15, -0.1) is 0 Å². The molecule has 0 aliphatic rings. The largest absolute Gasteiger partial charge is 0.398 e. The van der Waals surface area contributed by atoms with Crippen LogP contribution in [0.3, 0.4) is 0 Å². The van der Waals surface area contributed by atoms with Crippen LogP contribution in [-0.4, -0.2) is 11.0 Å². The van der Waals surface area contributed by atoms with Gasteiger partial charge in [0.2, 0.25) is 0 Å². The lowest BCUT2D eigenvalue weighted by molar-refractivity contribution is 0.793. The van der Waals surface area contributed by atoms with Gasteiger partial charge in [0.1, 0.15) is 0 Å². The van der Waals surface area contributed by atoms with Crippen molar-refractivity contribution in [2.24, 2.45) is 0 Å². The molecule has 0 bridgehead atoms. The fourth-order valence-electron chi connectivity index (χ4n) is 2.39. The van der Waals surface area contributed by atoms with Crippen molar-refractivity contribution in [2.75, 3.05) is 11.1 Å². The summed E-state index contributed by atoms with van der Waals surface area (Å²) in [6, 6.07) is 10.4. The highest BCUT2D eigenvalue weighted by Crippen LogP contribution is 2.27. The van der Waals surface area contributed by atoms with Crippen LogP contribution in [0.1, 0.15) is 12.5 Å².